The van der Waals surface area contributed by atoms with E-state index >= 15 is 0 Å². The Hall–Kier alpha value is 0.140. The van der Waals surface area contributed by atoms with Crippen LogP contribution in [0, 0.1) is 0 Å². The van der Waals surface area contributed by atoms with Gasteiger partial charge >= 0.3 is 0 Å². The second kappa shape index (κ2) is 5.13. The van der Waals surface area contributed by atoms with Gasteiger partial charge in [0.15, 0.2) is 0 Å². The van der Waals surface area contributed by atoms with E-state index in [-0.39, 0.29) is 5.78 Å². The molecule has 0 aliphatic rings. The fourth-order valence-electron chi connectivity index (χ4n) is 0.988. The molecule has 0 aliphatic carbocycles. The Labute approximate surface area is 98.7 Å². The Kier molecular flexibility index (Phi) is 4.42. The molecule has 0 N–H and O–H groups in total. The zero-order chi connectivity index (χ0) is 9.84. The second-order valence-corrected chi connectivity index (χ2v) is 4.54. The largest absolute Gasteiger partial charge is 0.298 e. The van der Waals surface area contributed by atoms with Gasteiger partial charge in [-0.15, -0.1) is 0 Å². The van der Waals surface area contributed by atoms with Crippen LogP contribution in [0.2, 0.25) is 5.02 Å². The Balaban J connectivity index is 2.83. The molecule has 1 aromatic rings. The lowest BCUT2D eigenvalue weighted by molar-refractivity contribution is -0.115. The van der Waals surface area contributed by atoms with Crippen LogP contribution in [-0.2, 0) is 11.2 Å². The van der Waals surface area contributed by atoms with E-state index < -0.39 is 0 Å². The fraction of sp³-hybridized carbons (Fsp3) is 0.222. The number of alkyl halides is 1. The van der Waals surface area contributed by atoms with E-state index in [9.17, 15) is 4.79 Å². The van der Waals surface area contributed by atoms with Crippen LogP contribution in [0.3, 0.4) is 0 Å². The third kappa shape index (κ3) is 3.79. The molecule has 0 unspecified atom stereocenters. The molecule has 0 bridgehead atoms. The van der Waals surface area contributed by atoms with Crippen molar-refractivity contribution in [1.29, 1.82) is 0 Å². The molecular weight excluding hydrogens is 319 g/mol. The van der Waals surface area contributed by atoms with Gasteiger partial charge in [-0.25, -0.2) is 0 Å². The molecule has 1 aromatic carbocycles. The molecule has 0 heterocycles. The molecule has 70 valence electrons. The molecule has 0 aliphatic heterocycles. The maximum absolute atomic E-state index is 11.1. The van der Waals surface area contributed by atoms with Gasteiger partial charge in [-0.2, -0.15) is 0 Å². The number of Topliss-reactive ketones (excluding diaryl/α,β-unsaturated/α-hetero) is 1. The highest BCUT2D eigenvalue weighted by atomic mass is 79.9. The number of hydrogen-bond acceptors (Lipinski definition) is 1. The standard InChI is InChI=1S/C9H7Br2ClO/c10-5-9(13)3-6-1-7(11)4-8(12)2-6/h1-2,4H,3,5H2. The van der Waals surface area contributed by atoms with E-state index in [0.29, 0.717) is 16.8 Å². The van der Waals surface area contributed by atoms with Gasteiger partial charge in [-0.3, -0.25) is 4.79 Å². The number of carbonyl (C=O) groups is 1. The Bertz CT molecular complexity index is 305. The summed E-state index contributed by atoms with van der Waals surface area (Å²) in [5, 5.41) is 1.03. The second-order valence-electron chi connectivity index (χ2n) is 2.63. The van der Waals surface area contributed by atoms with Gasteiger partial charge < -0.3 is 0 Å². The first kappa shape index (κ1) is 11.2. The Morgan fingerprint density at radius 3 is 2.62 bits per heavy atom. The molecule has 13 heavy (non-hydrogen) atoms. The summed E-state index contributed by atoms with van der Waals surface area (Å²) in [5.41, 5.74) is 0.934. The molecule has 1 nitrogen and oxygen atoms in total. The van der Waals surface area contributed by atoms with Crippen molar-refractivity contribution in [2.75, 3.05) is 5.33 Å². The van der Waals surface area contributed by atoms with Gasteiger partial charge in [0, 0.05) is 15.9 Å². The third-order valence-corrected chi connectivity index (χ3v) is 2.77. The van der Waals surface area contributed by atoms with Gasteiger partial charge in [0.2, 0.25) is 0 Å². The van der Waals surface area contributed by atoms with E-state index in [0.717, 1.165) is 10.0 Å². The van der Waals surface area contributed by atoms with Crippen molar-refractivity contribution in [3.05, 3.63) is 33.3 Å². The van der Waals surface area contributed by atoms with Crippen molar-refractivity contribution in [1.82, 2.24) is 0 Å². The topological polar surface area (TPSA) is 17.1 Å². The normalized spacial score (nSPS) is 10.1. The Morgan fingerprint density at radius 1 is 1.38 bits per heavy atom. The quantitative estimate of drug-likeness (QED) is 0.776. The van der Waals surface area contributed by atoms with Crippen molar-refractivity contribution in [2.45, 2.75) is 6.42 Å². The SMILES string of the molecule is O=C(CBr)Cc1cc(Cl)cc(Br)c1. The number of halogens is 3. The number of hydrogen-bond donors (Lipinski definition) is 0. The van der Waals surface area contributed by atoms with Gasteiger partial charge in [0.05, 0.1) is 5.33 Å². The minimum absolute atomic E-state index is 0.147. The predicted molar refractivity (Wildman–Crippen MR) is 61.7 cm³/mol. The summed E-state index contributed by atoms with van der Waals surface area (Å²) in [7, 11) is 0. The van der Waals surface area contributed by atoms with Crippen molar-refractivity contribution in [3.63, 3.8) is 0 Å². The monoisotopic (exact) mass is 324 g/mol. The van der Waals surface area contributed by atoms with Crippen LogP contribution in [0.5, 0.6) is 0 Å². The van der Waals surface area contributed by atoms with Crippen LogP contribution in [-0.4, -0.2) is 11.1 Å². The molecule has 1 rings (SSSR count). The van der Waals surface area contributed by atoms with Crippen molar-refractivity contribution in [3.8, 4) is 0 Å². The van der Waals surface area contributed by atoms with E-state index in [2.05, 4.69) is 31.9 Å². The number of carbonyl (C=O) groups excluding carboxylic acids is 1. The van der Waals surface area contributed by atoms with Crippen LogP contribution < -0.4 is 0 Å². The molecule has 0 fully saturated rings. The summed E-state index contributed by atoms with van der Waals surface area (Å²) in [6, 6.07) is 5.49. The highest BCUT2D eigenvalue weighted by Crippen LogP contribution is 2.20. The predicted octanol–water partition coefficient (Wildman–Crippen LogP) is 3.61. The van der Waals surface area contributed by atoms with Crippen LogP contribution in [0.25, 0.3) is 0 Å². The van der Waals surface area contributed by atoms with Crippen molar-refractivity contribution in [2.24, 2.45) is 0 Å². The lowest BCUT2D eigenvalue weighted by Gasteiger charge is -2.00. The zero-order valence-corrected chi connectivity index (χ0v) is 10.6. The minimum atomic E-state index is 0.147. The lowest BCUT2D eigenvalue weighted by Crippen LogP contribution is -2.03. The molecule has 0 amide bonds. The highest BCUT2D eigenvalue weighted by Gasteiger charge is 2.03. The summed E-state index contributed by atoms with van der Waals surface area (Å²) in [5.74, 6) is 0.147. The maximum Gasteiger partial charge on any atom is 0.147 e. The summed E-state index contributed by atoms with van der Waals surface area (Å²) in [6.45, 7) is 0. The molecule has 0 saturated carbocycles. The highest BCUT2D eigenvalue weighted by molar-refractivity contribution is 9.10. The molecule has 0 aromatic heterocycles. The zero-order valence-electron chi connectivity index (χ0n) is 6.69. The Morgan fingerprint density at radius 2 is 2.08 bits per heavy atom. The smallest absolute Gasteiger partial charge is 0.147 e. The molecule has 4 heteroatoms. The molecular formula is C9H7Br2ClO. The van der Waals surface area contributed by atoms with Crippen LogP contribution >= 0.6 is 43.5 Å². The van der Waals surface area contributed by atoms with Gasteiger partial charge in [0.1, 0.15) is 5.78 Å². The lowest BCUT2D eigenvalue weighted by atomic mass is 10.1. The first-order chi connectivity index (χ1) is 6.11. The summed E-state index contributed by atoms with van der Waals surface area (Å²) in [6.07, 6.45) is 0.421. The number of rotatable bonds is 3. The number of ketones is 1. The van der Waals surface area contributed by atoms with E-state index in [4.69, 9.17) is 11.6 Å². The van der Waals surface area contributed by atoms with Gasteiger partial charge in [-0.1, -0.05) is 43.5 Å². The molecule has 0 atom stereocenters. The summed E-state index contributed by atoms with van der Waals surface area (Å²) in [4.78, 5) is 11.1. The summed E-state index contributed by atoms with van der Waals surface area (Å²) < 4.78 is 0.900. The van der Waals surface area contributed by atoms with Crippen LogP contribution in [0.1, 0.15) is 5.56 Å². The van der Waals surface area contributed by atoms with Crippen LogP contribution in [0.4, 0.5) is 0 Å². The molecule has 0 spiro atoms. The van der Waals surface area contributed by atoms with E-state index in [1.54, 1.807) is 12.1 Å². The van der Waals surface area contributed by atoms with Crippen molar-refractivity contribution < 1.29 is 4.79 Å². The molecule has 0 radical (unpaired) electrons. The van der Waals surface area contributed by atoms with Crippen molar-refractivity contribution >= 4 is 49.2 Å². The van der Waals surface area contributed by atoms with Gasteiger partial charge in [0.25, 0.3) is 0 Å². The third-order valence-electron chi connectivity index (χ3n) is 1.47. The first-order valence-electron chi connectivity index (χ1n) is 3.64. The fourth-order valence-corrected chi connectivity index (χ4v) is 2.12. The summed E-state index contributed by atoms with van der Waals surface area (Å²) >= 11 is 12.3. The average Bonchev–Trinajstić information content (AvgIpc) is 2.02. The molecule has 0 saturated heterocycles. The van der Waals surface area contributed by atoms with Gasteiger partial charge in [-0.05, 0) is 23.8 Å². The maximum atomic E-state index is 11.1. The first-order valence-corrected chi connectivity index (χ1v) is 5.93. The van der Waals surface area contributed by atoms with E-state index in [1.807, 2.05) is 6.07 Å². The average molecular weight is 326 g/mol. The van der Waals surface area contributed by atoms with Crippen LogP contribution in [0.15, 0.2) is 22.7 Å². The van der Waals surface area contributed by atoms with E-state index in [1.165, 1.54) is 0 Å². The minimum Gasteiger partial charge on any atom is -0.298 e. The number of benzene rings is 1.